The molecule has 0 aliphatic carbocycles. The van der Waals surface area contributed by atoms with Crippen molar-refractivity contribution in [3.05, 3.63) is 59.7 Å². The van der Waals surface area contributed by atoms with Crippen LogP contribution in [0, 0.1) is 0 Å². The van der Waals surface area contributed by atoms with Crippen molar-refractivity contribution in [2.75, 3.05) is 26.9 Å². The fourth-order valence-corrected chi connectivity index (χ4v) is 2.03. The fourth-order valence-electron chi connectivity index (χ4n) is 2.03. The molecule has 2 rings (SSSR count). The third kappa shape index (κ3) is 5.61. The van der Waals surface area contributed by atoms with Gasteiger partial charge in [-0.1, -0.05) is 12.1 Å². The third-order valence-electron chi connectivity index (χ3n) is 3.18. The Hall–Kier alpha value is -2.86. The lowest BCUT2D eigenvalue weighted by atomic mass is 10.2. The van der Waals surface area contributed by atoms with Crippen molar-refractivity contribution in [1.82, 2.24) is 0 Å². The average Bonchev–Trinajstić information content (AvgIpc) is 2.62. The maximum absolute atomic E-state index is 12.3. The molecule has 2 aromatic rings. The highest BCUT2D eigenvalue weighted by molar-refractivity contribution is 5.93. The first kappa shape index (κ1) is 18.5. The first-order valence-electron chi connectivity index (χ1n) is 7.85. The lowest BCUT2D eigenvalue weighted by molar-refractivity contribution is 0.0387. The molecule has 2 aromatic carbocycles. The monoisotopic (exact) mass is 344 g/mol. The summed E-state index contributed by atoms with van der Waals surface area (Å²) in [5.74, 6) is -0.194. The molecule has 0 heterocycles. The maximum atomic E-state index is 12.3. The van der Waals surface area contributed by atoms with Gasteiger partial charge in [-0.3, -0.25) is 0 Å². The van der Waals surface area contributed by atoms with E-state index < -0.39 is 11.9 Å². The quantitative estimate of drug-likeness (QED) is 0.416. The minimum Gasteiger partial charge on any atom is -0.494 e. The summed E-state index contributed by atoms with van der Waals surface area (Å²) in [6.45, 7) is 2.84. The van der Waals surface area contributed by atoms with Crippen LogP contribution >= 0.6 is 0 Å². The largest absolute Gasteiger partial charge is 0.494 e. The summed E-state index contributed by atoms with van der Waals surface area (Å²) >= 11 is 0. The minimum atomic E-state index is -0.536. The molecule has 0 saturated heterocycles. The molecule has 0 saturated carbocycles. The van der Waals surface area contributed by atoms with Gasteiger partial charge in [0.25, 0.3) is 0 Å². The van der Waals surface area contributed by atoms with Crippen LogP contribution in [0.1, 0.15) is 27.6 Å². The van der Waals surface area contributed by atoms with Gasteiger partial charge in [-0.15, -0.1) is 0 Å². The summed E-state index contributed by atoms with van der Waals surface area (Å²) in [6.07, 6.45) is 0. The minimum absolute atomic E-state index is 0.156. The zero-order valence-electron chi connectivity index (χ0n) is 14.2. The highest BCUT2D eigenvalue weighted by atomic mass is 16.6. The normalized spacial score (nSPS) is 10.2. The van der Waals surface area contributed by atoms with Gasteiger partial charge in [0.05, 0.1) is 24.3 Å². The van der Waals surface area contributed by atoms with E-state index in [1.165, 1.54) is 13.2 Å². The fraction of sp³-hybridized carbons (Fsp3) is 0.263. The van der Waals surface area contributed by atoms with Crippen molar-refractivity contribution in [3.63, 3.8) is 0 Å². The number of esters is 2. The van der Waals surface area contributed by atoms with Crippen LogP contribution in [0.25, 0.3) is 0 Å². The number of benzene rings is 2. The Labute approximate surface area is 146 Å². The Bertz CT molecular complexity index is 725. The van der Waals surface area contributed by atoms with Crippen molar-refractivity contribution in [2.45, 2.75) is 6.92 Å². The Kier molecular flexibility index (Phi) is 6.98. The zero-order chi connectivity index (χ0) is 18.1. The lowest BCUT2D eigenvalue weighted by Crippen LogP contribution is -2.11. The van der Waals surface area contributed by atoms with E-state index in [9.17, 15) is 9.59 Å². The van der Waals surface area contributed by atoms with Gasteiger partial charge in [0.2, 0.25) is 0 Å². The maximum Gasteiger partial charge on any atom is 0.343 e. The van der Waals surface area contributed by atoms with Crippen LogP contribution in [-0.4, -0.2) is 38.9 Å². The molecule has 0 atom stereocenters. The second-order valence-electron chi connectivity index (χ2n) is 5.01. The van der Waals surface area contributed by atoms with E-state index in [0.29, 0.717) is 30.1 Å². The lowest BCUT2D eigenvalue weighted by Gasteiger charge is -2.08. The predicted molar refractivity (Wildman–Crippen MR) is 91.2 cm³/mol. The summed E-state index contributed by atoms with van der Waals surface area (Å²) in [5, 5.41) is 0. The predicted octanol–water partition coefficient (Wildman–Crippen LogP) is 3.11. The molecule has 0 amide bonds. The van der Waals surface area contributed by atoms with Gasteiger partial charge in [-0.05, 0) is 43.3 Å². The van der Waals surface area contributed by atoms with Crippen molar-refractivity contribution >= 4 is 11.9 Å². The van der Waals surface area contributed by atoms with Gasteiger partial charge in [0.15, 0.2) is 0 Å². The number of hydrogen-bond acceptors (Lipinski definition) is 6. The van der Waals surface area contributed by atoms with Gasteiger partial charge in [0.1, 0.15) is 18.1 Å². The van der Waals surface area contributed by atoms with Gasteiger partial charge in [-0.25, -0.2) is 9.59 Å². The van der Waals surface area contributed by atoms with Crippen molar-refractivity contribution in [2.24, 2.45) is 0 Å². The number of carbonyl (C=O) groups excluding carboxylic acids is 2. The van der Waals surface area contributed by atoms with Crippen LogP contribution in [0.3, 0.4) is 0 Å². The topological polar surface area (TPSA) is 71.1 Å². The molecule has 0 radical (unpaired) electrons. The summed E-state index contributed by atoms with van der Waals surface area (Å²) in [4.78, 5) is 24.2. The molecule has 0 spiro atoms. The van der Waals surface area contributed by atoms with Crippen molar-refractivity contribution < 1.29 is 28.5 Å². The average molecular weight is 344 g/mol. The number of methoxy groups -OCH3 is 1. The molecule has 0 N–H and O–H groups in total. The highest BCUT2D eigenvalue weighted by Crippen LogP contribution is 2.18. The van der Waals surface area contributed by atoms with E-state index in [1.807, 2.05) is 6.92 Å². The van der Waals surface area contributed by atoms with Crippen LogP contribution in [0.5, 0.6) is 11.5 Å². The van der Waals surface area contributed by atoms with Gasteiger partial charge in [0, 0.05) is 7.11 Å². The summed E-state index contributed by atoms with van der Waals surface area (Å²) in [5.41, 5.74) is 0.656. The standard InChI is InChI=1S/C19H20O6/c1-3-23-16-8-4-7-15(12-16)19(21)25-17-9-5-6-14(13-17)18(20)24-11-10-22-2/h4-9,12-13H,3,10-11H2,1-2H3. The molecule has 0 aromatic heterocycles. The van der Waals surface area contributed by atoms with E-state index in [1.54, 1.807) is 42.5 Å². The van der Waals surface area contributed by atoms with Crippen LogP contribution in [0.4, 0.5) is 0 Å². The van der Waals surface area contributed by atoms with E-state index in [0.717, 1.165) is 0 Å². The Morgan fingerprint density at radius 2 is 1.52 bits per heavy atom. The smallest absolute Gasteiger partial charge is 0.343 e. The van der Waals surface area contributed by atoms with Crippen LogP contribution < -0.4 is 9.47 Å². The number of ether oxygens (including phenoxy) is 4. The third-order valence-corrected chi connectivity index (χ3v) is 3.18. The molecule has 0 bridgehead atoms. The molecular weight excluding hydrogens is 324 g/mol. The molecule has 6 heteroatoms. The number of rotatable bonds is 8. The molecule has 6 nitrogen and oxygen atoms in total. The van der Waals surface area contributed by atoms with Crippen molar-refractivity contribution in [3.8, 4) is 11.5 Å². The first-order valence-corrected chi connectivity index (χ1v) is 7.85. The van der Waals surface area contributed by atoms with Crippen LogP contribution in [0.15, 0.2) is 48.5 Å². The second kappa shape index (κ2) is 9.44. The molecule has 0 fully saturated rings. The van der Waals surface area contributed by atoms with E-state index in [-0.39, 0.29) is 12.4 Å². The molecular formula is C19H20O6. The Morgan fingerprint density at radius 3 is 2.20 bits per heavy atom. The van der Waals surface area contributed by atoms with E-state index >= 15 is 0 Å². The second-order valence-corrected chi connectivity index (χ2v) is 5.01. The van der Waals surface area contributed by atoms with E-state index in [4.69, 9.17) is 18.9 Å². The number of hydrogen-bond donors (Lipinski definition) is 0. The molecule has 25 heavy (non-hydrogen) atoms. The van der Waals surface area contributed by atoms with Gasteiger partial charge < -0.3 is 18.9 Å². The van der Waals surface area contributed by atoms with Gasteiger partial charge in [-0.2, -0.15) is 0 Å². The SMILES string of the molecule is CCOc1cccc(C(=O)Oc2cccc(C(=O)OCCOC)c2)c1. The molecule has 132 valence electrons. The van der Waals surface area contributed by atoms with Crippen LogP contribution in [-0.2, 0) is 9.47 Å². The Morgan fingerprint density at radius 1 is 0.880 bits per heavy atom. The zero-order valence-corrected chi connectivity index (χ0v) is 14.2. The molecule has 0 aliphatic heterocycles. The highest BCUT2D eigenvalue weighted by Gasteiger charge is 2.12. The van der Waals surface area contributed by atoms with Crippen LogP contribution in [0.2, 0.25) is 0 Å². The Balaban J connectivity index is 2.04. The van der Waals surface area contributed by atoms with Gasteiger partial charge >= 0.3 is 11.9 Å². The summed E-state index contributed by atoms with van der Waals surface area (Å²) in [6, 6.07) is 13.0. The molecule has 0 aliphatic rings. The summed E-state index contributed by atoms with van der Waals surface area (Å²) in [7, 11) is 1.52. The van der Waals surface area contributed by atoms with E-state index in [2.05, 4.69) is 0 Å². The molecule has 0 unspecified atom stereocenters. The van der Waals surface area contributed by atoms with Crippen molar-refractivity contribution in [1.29, 1.82) is 0 Å². The first-order chi connectivity index (χ1) is 12.1. The number of carbonyl (C=O) groups is 2. The summed E-state index contributed by atoms with van der Waals surface area (Å²) < 4.78 is 20.5.